The Hall–Kier alpha value is -1.28. The van der Waals surface area contributed by atoms with Crippen LogP contribution in [0.25, 0.3) is 6.08 Å². The van der Waals surface area contributed by atoms with Crippen molar-refractivity contribution in [3.05, 3.63) is 35.4 Å². The number of rotatable bonds is 4. The fourth-order valence-corrected chi connectivity index (χ4v) is 1.28. The highest BCUT2D eigenvalue weighted by molar-refractivity contribution is 5.53. The van der Waals surface area contributed by atoms with E-state index in [-0.39, 0.29) is 6.61 Å². The second-order valence-corrected chi connectivity index (χ2v) is 3.20. The van der Waals surface area contributed by atoms with Gasteiger partial charge in [0.05, 0.1) is 7.11 Å². The second-order valence-electron chi connectivity index (χ2n) is 3.20. The molecule has 2 heteroatoms. The summed E-state index contributed by atoms with van der Waals surface area (Å²) in [5.41, 5.74) is 2.28. The minimum absolute atomic E-state index is 0.194. The van der Waals surface area contributed by atoms with Gasteiger partial charge in [-0.3, -0.25) is 0 Å². The fraction of sp³-hybridized carbons (Fsp3) is 0.333. The van der Waals surface area contributed by atoms with E-state index in [9.17, 15) is 0 Å². The summed E-state index contributed by atoms with van der Waals surface area (Å²) in [6.07, 6.45) is 4.64. The Morgan fingerprint density at radius 1 is 1.36 bits per heavy atom. The predicted octanol–water partition coefficient (Wildman–Crippen LogP) is 2.40. The van der Waals surface area contributed by atoms with Crippen molar-refractivity contribution in [1.82, 2.24) is 0 Å². The lowest BCUT2D eigenvalue weighted by Crippen LogP contribution is -1.85. The van der Waals surface area contributed by atoms with Crippen molar-refractivity contribution in [2.24, 2.45) is 0 Å². The maximum absolute atomic E-state index is 8.62. The van der Waals surface area contributed by atoms with Gasteiger partial charge >= 0.3 is 0 Å². The molecule has 2 nitrogen and oxygen atoms in total. The topological polar surface area (TPSA) is 29.5 Å². The molecule has 0 atom stereocenters. The Kier molecular flexibility index (Phi) is 4.20. The Morgan fingerprint density at radius 3 is 2.79 bits per heavy atom. The van der Waals surface area contributed by atoms with Gasteiger partial charge in [0.1, 0.15) is 5.75 Å². The van der Waals surface area contributed by atoms with Crippen LogP contribution < -0.4 is 4.74 Å². The average Bonchev–Trinajstić information content (AvgIpc) is 2.17. The van der Waals surface area contributed by atoms with Crippen LogP contribution in [0.1, 0.15) is 17.5 Å². The first-order chi connectivity index (χ1) is 6.76. The van der Waals surface area contributed by atoms with Crippen LogP contribution in [0.4, 0.5) is 0 Å². The zero-order chi connectivity index (χ0) is 10.4. The van der Waals surface area contributed by atoms with Gasteiger partial charge in [0.2, 0.25) is 0 Å². The lowest BCUT2D eigenvalue weighted by molar-refractivity contribution is 0.303. The van der Waals surface area contributed by atoms with Crippen LogP contribution in [-0.4, -0.2) is 18.8 Å². The Balaban J connectivity index is 2.81. The van der Waals surface area contributed by atoms with E-state index in [0.29, 0.717) is 6.42 Å². The molecule has 0 unspecified atom stereocenters. The number of hydrogen-bond donors (Lipinski definition) is 1. The van der Waals surface area contributed by atoms with E-state index in [2.05, 4.69) is 6.07 Å². The molecule has 1 N–H and O–H groups in total. The SMILES string of the molecule is COc1cc(C)cc(C=CCCO)c1. The molecule has 0 saturated heterocycles. The minimum atomic E-state index is 0.194. The van der Waals surface area contributed by atoms with Crippen molar-refractivity contribution in [1.29, 1.82) is 0 Å². The molecule has 0 aliphatic heterocycles. The van der Waals surface area contributed by atoms with E-state index in [4.69, 9.17) is 9.84 Å². The standard InChI is InChI=1S/C12H16O2/c1-10-7-11(5-3-4-6-13)9-12(8-10)14-2/h3,5,7-9,13H,4,6H2,1-2H3. The summed E-state index contributed by atoms with van der Waals surface area (Å²) in [6.45, 7) is 2.23. The molecule has 1 aromatic rings. The van der Waals surface area contributed by atoms with Crippen LogP contribution in [0.15, 0.2) is 24.3 Å². The zero-order valence-corrected chi connectivity index (χ0v) is 8.66. The number of ether oxygens (including phenoxy) is 1. The molecule has 0 aliphatic carbocycles. The monoisotopic (exact) mass is 192 g/mol. The van der Waals surface area contributed by atoms with Crippen LogP contribution in [0.2, 0.25) is 0 Å². The first-order valence-electron chi connectivity index (χ1n) is 4.69. The average molecular weight is 192 g/mol. The highest BCUT2D eigenvalue weighted by Crippen LogP contribution is 2.17. The zero-order valence-electron chi connectivity index (χ0n) is 8.66. The lowest BCUT2D eigenvalue weighted by atomic mass is 10.1. The third-order valence-corrected chi connectivity index (χ3v) is 1.91. The van der Waals surface area contributed by atoms with Gasteiger partial charge in [-0.2, -0.15) is 0 Å². The van der Waals surface area contributed by atoms with Gasteiger partial charge in [0, 0.05) is 6.61 Å². The normalized spacial score (nSPS) is 10.8. The molecule has 14 heavy (non-hydrogen) atoms. The largest absolute Gasteiger partial charge is 0.497 e. The molecule has 0 spiro atoms. The number of aliphatic hydroxyl groups is 1. The fourth-order valence-electron chi connectivity index (χ4n) is 1.28. The van der Waals surface area contributed by atoms with Crippen LogP contribution in [0.5, 0.6) is 5.75 Å². The van der Waals surface area contributed by atoms with E-state index in [1.165, 1.54) is 5.56 Å². The van der Waals surface area contributed by atoms with Gasteiger partial charge in [0.15, 0.2) is 0 Å². The van der Waals surface area contributed by atoms with Crippen LogP contribution >= 0.6 is 0 Å². The highest BCUT2D eigenvalue weighted by Gasteiger charge is 1.94. The Labute approximate surface area is 84.8 Å². The van der Waals surface area contributed by atoms with Crippen LogP contribution in [0, 0.1) is 6.92 Å². The highest BCUT2D eigenvalue weighted by atomic mass is 16.5. The third kappa shape index (κ3) is 3.23. The van der Waals surface area contributed by atoms with E-state index >= 15 is 0 Å². The Bertz CT molecular complexity index is 316. The number of hydrogen-bond acceptors (Lipinski definition) is 2. The summed E-state index contributed by atoms with van der Waals surface area (Å²) in [5.74, 6) is 0.869. The molecule has 0 fully saturated rings. The van der Waals surface area contributed by atoms with Gasteiger partial charge in [-0.05, 0) is 36.6 Å². The van der Waals surface area contributed by atoms with Crippen LogP contribution in [-0.2, 0) is 0 Å². The second kappa shape index (κ2) is 5.45. The van der Waals surface area contributed by atoms with Crippen molar-refractivity contribution in [2.75, 3.05) is 13.7 Å². The van der Waals surface area contributed by atoms with Gasteiger partial charge in [-0.15, -0.1) is 0 Å². The number of methoxy groups -OCH3 is 1. The molecule has 1 aromatic carbocycles. The number of benzene rings is 1. The van der Waals surface area contributed by atoms with Crippen molar-refractivity contribution in [3.63, 3.8) is 0 Å². The van der Waals surface area contributed by atoms with E-state index in [1.54, 1.807) is 7.11 Å². The van der Waals surface area contributed by atoms with Gasteiger partial charge in [-0.1, -0.05) is 18.2 Å². The molecule has 0 saturated carbocycles. The van der Waals surface area contributed by atoms with Gasteiger partial charge in [0.25, 0.3) is 0 Å². The summed E-state index contributed by atoms with van der Waals surface area (Å²) in [7, 11) is 1.66. The molecular formula is C12H16O2. The number of aliphatic hydroxyl groups excluding tert-OH is 1. The molecule has 0 bridgehead atoms. The smallest absolute Gasteiger partial charge is 0.119 e. The lowest BCUT2D eigenvalue weighted by Gasteiger charge is -2.03. The minimum Gasteiger partial charge on any atom is -0.497 e. The summed E-state index contributed by atoms with van der Waals surface area (Å²) in [4.78, 5) is 0. The molecule has 0 amide bonds. The molecular weight excluding hydrogens is 176 g/mol. The van der Waals surface area contributed by atoms with E-state index < -0.39 is 0 Å². The maximum atomic E-state index is 8.62. The van der Waals surface area contributed by atoms with Crippen molar-refractivity contribution < 1.29 is 9.84 Å². The number of aryl methyl sites for hydroxylation is 1. The summed E-state index contributed by atoms with van der Waals surface area (Å²) >= 11 is 0. The molecule has 0 heterocycles. The van der Waals surface area contributed by atoms with Crippen molar-refractivity contribution in [2.45, 2.75) is 13.3 Å². The van der Waals surface area contributed by atoms with Crippen LogP contribution in [0.3, 0.4) is 0 Å². The van der Waals surface area contributed by atoms with Crippen molar-refractivity contribution in [3.8, 4) is 5.75 Å². The van der Waals surface area contributed by atoms with E-state index in [1.807, 2.05) is 31.2 Å². The molecule has 0 aliphatic rings. The molecule has 0 aromatic heterocycles. The first-order valence-corrected chi connectivity index (χ1v) is 4.69. The van der Waals surface area contributed by atoms with Gasteiger partial charge in [-0.25, -0.2) is 0 Å². The molecule has 76 valence electrons. The molecule has 0 radical (unpaired) electrons. The van der Waals surface area contributed by atoms with E-state index in [0.717, 1.165) is 11.3 Å². The Morgan fingerprint density at radius 2 is 2.14 bits per heavy atom. The summed E-state index contributed by atoms with van der Waals surface area (Å²) in [6, 6.07) is 6.04. The van der Waals surface area contributed by atoms with Crippen molar-refractivity contribution >= 4 is 6.08 Å². The third-order valence-electron chi connectivity index (χ3n) is 1.91. The first kappa shape index (κ1) is 10.8. The summed E-state index contributed by atoms with van der Waals surface area (Å²) in [5, 5.41) is 8.62. The quantitative estimate of drug-likeness (QED) is 0.793. The summed E-state index contributed by atoms with van der Waals surface area (Å²) < 4.78 is 5.16. The maximum Gasteiger partial charge on any atom is 0.119 e. The predicted molar refractivity (Wildman–Crippen MR) is 58.5 cm³/mol. The van der Waals surface area contributed by atoms with Gasteiger partial charge < -0.3 is 9.84 Å². The molecule has 1 rings (SSSR count).